The summed E-state index contributed by atoms with van der Waals surface area (Å²) in [5.74, 6) is 2.65. The molecule has 1 saturated heterocycles. The standard InChI is InChI=1S/C21H26N2O6S/c1-26-17-2-4-18(5-3-17)27-13-12-22-8-10-23(11-9-22)30(24,25)19-6-7-20-21(16-19)29-15-14-28-20/h2-7,16H,8-15H2,1H3. The summed E-state index contributed by atoms with van der Waals surface area (Å²) in [5, 5.41) is 0. The molecule has 0 aromatic heterocycles. The van der Waals surface area contributed by atoms with Crippen molar-refractivity contribution in [2.24, 2.45) is 0 Å². The fourth-order valence-corrected chi connectivity index (χ4v) is 4.93. The Kier molecular flexibility index (Phi) is 6.31. The molecule has 8 nitrogen and oxygen atoms in total. The highest BCUT2D eigenvalue weighted by Crippen LogP contribution is 2.33. The van der Waals surface area contributed by atoms with Crippen LogP contribution >= 0.6 is 0 Å². The molecule has 0 amide bonds. The summed E-state index contributed by atoms with van der Waals surface area (Å²) < 4.78 is 49.4. The second-order valence-corrected chi connectivity index (χ2v) is 9.01. The molecule has 2 aliphatic heterocycles. The van der Waals surface area contributed by atoms with Gasteiger partial charge >= 0.3 is 0 Å². The molecule has 2 aromatic rings. The second kappa shape index (κ2) is 9.11. The van der Waals surface area contributed by atoms with Gasteiger partial charge in [0.1, 0.15) is 31.3 Å². The molecule has 2 aliphatic rings. The third-order valence-electron chi connectivity index (χ3n) is 5.22. The Balaban J connectivity index is 1.28. The van der Waals surface area contributed by atoms with Crippen LogP contribution in [0.25, 0.3) is 0 Å². The van der Waals surface area contributed by atoms with Crippen molar-refractivity contribution in [3.63, 3.8) is 0 Å². The van der Waals surface area contributed by atoms with Crippen molar-refractivity contribution < 1.29 is 27.4 Å². The molecule has 0 spiro atoms. The van der Waals surface area contributed by atoms with E-state index in [2.05, 4.69) is 4.90 Å². The van der Waals surface area contributed by atoms with Crippen LogP contribution in [-0.4, -0.2) is 77.3 Å². The molecular weight excluding hydrogens is 408 g/mol. The zero-order chi connectivity index (χ0) is 21.0. The largest absolute Gasteiger partial charge is 0.497 e. The lowest BCUT2D eigenvalue weighted by Gasteiger charge is -2.34. The van der Waals surface area contributed by atoms with E-state index < -0.39 is 10.0 Å². The maximum atomic E-state index is 13.0. The van der Waals surface area contributed by atoms with Gasteiger partial charge < -0.3 is 18.9 Å². The van der Waals surface area contributed by atoms with Crippen LogP contribution in [0.5, 0.6) is 23.0 Å². The molecule has 0 radical (unpaired) electrons. The van der Waals surface area contributed by atoms with Gasteiger partial charge in [0.2, 0.25) is 10.0 Å². The molecule has 2 aromatic carbocycles. The molecule has 162 valence electrons. The van der Waals surface area contributed by atoms with Gasteiger partial charge in [-0.3, -0.25) is 4.90 Å². The molecule has 0 bridgehead atoms. The highest BCUT2D eigenvalue weighted by Gasteiger charge is 2.29. The predicted molar refractivity (Wildman–Crippen MR) is 111 cm³/mol. The summed E-state index contributed by atoms with van der Waals surface area (Å²) in [7, 11) is -1.93. The van der Waals surface area contributed by atoms with Crippen LogP contribution in [-0.2, 0) is 10.0 Å². The van der Waals surface area contributed by atoms with Crippen molar-refractivity contribution in [2.75, 3.05) is 59.7 Å². The molecule has 0 atom stereocenters. The van der Waals surface area contributed by atoms with E-state index in [0.29, 0.717) is 57.5 Å². The summed E-state index contributed by atoms with van der Waals surface area (Å²) in [6.45, 7) is 4.40. The minimum atomic E-state index is -3.56. The number of hydrogen-bond acceptors (Lipinski definition) is 7. The summed E-state index contributed by atoms with van der Waals surface area (Å²) in [4.78, 5) is 2.45. The van der Waals surface area contributed by atoms with Crippen LogP contribution in [0.15, 0.2) is 47.4 Å². The minimum Gasteiger partial charge on any atom is -0.497 e. The summed E-state index contributed by atoms with van der Waals surface area (Å²) >= 11 is 0. The average molecular weight is 435 g/mol. The third-order valence-corrected chi connectivity index (χ3v) is 7.11. The number of nitrogens with zero attached hydrogens (tertiary/aromatic N) is 2. The maximum absolute atomic E-state index is 13.0. The quantitative estimate of drug-likeness (QED) is 0.658. The SMILES string of the molecule is COc1ccc(OCCN2CCN(S(=O)(=O)c3ccc4c(c3)OCCO4)CC2)cc1. The smallest absolute Gasteiger partial charge is 0.243 e. The highest BCUT2D eigenvalue weighted by atomic mass is 32.2. The molecule has 1 fully saturated rings. The maximum Gasteiger partial charge on any atom is 0.243 e. The second-order valence-electron chi connectivity index (χ2n) is 7.08. The van der Waals surface area contributed by atoms with Crippen LogP contribution in [0, 0.1) is 0 Å². The van der Waals surface area contributed by atoms with Gasteiger partial charge in [-0.25, -0.2) is 8.42 Å². The van der Waals surface area contributed by atoms with E-state index in [1.807, 2.05) is 24.3 Å². The van der Waals surface area contributed by atoms with Crippen molar-refractivity contribution in [3.8, 4) is 23.0 Å². The lowest BCUT2D eigenvalue weighted by Crippen LogP contribution is -2.49. The van der Waals surface area contributed by atoms with Crippen molar-refractivity contribution in [3.05, 3.63) is 42.5 Å². The normalized spacial score (nSPS) is 17.5. The predicted octanol–water partition coefficient (Wildman–Crippen LogP) is 1.85. The summed E-state index contributed by atoms with van der Waals surface area (Å²) in [5.41, 5.74) is 0. The minimum absolute atomic E-state index is 0.239. The lowest BCUT2D eigenvalue weighted by molar-refractivity contribution is 0.158. The fraction of sp³-hybridized carbons (Fsp3) is 0.429. The topological polar surface area (TPSA) is 77.5 Å². The molecule has 0 unspecified atom stereocenters. The van der Waals surface area contributed by atoms with Gasteiger partial charge in [0.25, 0.3) is 0 Å². The Labute approximate surface area is 176 Å². The number of piperazine rings is 1. The Bertz CT molecular complexity index is 956. The number of fused-ring (bicyclic) bond motifs is 1. The van der Waals surface area contributed by atoms with Crippen LogP contribution in [0.1, 0.15) is 0 Å². The van der Waals surface area contributed by atoms with E-state index in [-0.39, 0.29) is 4.90 Å². The fourth-order valence-electron chi connectivity index (χ4n) is 3.49. The first-order valence-electron chi connectivity index (χ1n) is 9.95. The van der Waals surface area contributed by atoms with Gasteiger partial charge in [-0.05, 0) is 36.4 Å². The van der Waals surface area contributed by atoms with Crippen molar-refractivity contribution >= 4 is 10.0 Å². The summed E-state index contributed by atoms with van der Waals surface area (Å²) in [6, 6.07) is 12.3. The number of hydrogen-bond donors (Lipinski definition) is 0. The molecule has 0 saturated carbocycles. The molecule has 4 rings (SSSR count). The zero-order valence-corrected chi connectivity index (χ0v) is 17.8. The van der Waals surface area contributed by atoms with E-state index in [4.69, 9.17) is 18.9 Å². The Morgan fingerprint density at radius 2 is 1.57 bits per heavy atom. The first-order valence-corrected chi connectivity index (χ1v) is 11.4. The number of rotatable bonds is 7. The first kappa shape index (κ1) is 20.8. The Morgan fingerprint density at radius 1 is 0.900 bits per heavy atom. The summed E-state index contributed by atoms with van der Waals surface area (Å²) in [6.07, 6.45) is 0. The number of methoxy groups -OCH3 is 1. The zero-order valence-electron chi connectivity index (χ0n) is 17.0. The van der Waals surface area contributed by atoms with Gasteiger partial charge in [-0.2, -0.15) is 4.31 Å². The van der Waals surface area contributed by atoms with Crippen LogP contribution < -0.4 is 18.9 Å². The van der Waals surface area contributed by atoms with Gasteiger partial charge in [0.15, 0.2) is 11.5 Å². The molecule has 0 aliphatic carbocycles. The van der Waals surface area contributed by atoms with Gasteiger partial charge in [-0.15, -0.1) is 0 Å². The highest BCUT2D eigenvalue weighted by molar-refractivity contribution is 7.89. The third kappa shape index (κ3) is 4.63. The van der Waals surface area contributed by atoms with Crippen molar-refractivity contribution in [2.45, 2.75) is 4.90 Å². The average Bonchev–Trinajstić information content (AvgIpc) is 2.79. The van der Waals surface area contributed by atoms with E-state index in [1.54, 1.807) is 25.3 Å². The van der Waals surface area contributed by atoms with Crippen molar-refractivity contribution in [1.82, 2.24) is 9.21 Å². The Hall–Kier alpha value is -2.49. The van der Waals surface area contributed by atoms with Gasteiger partial charge in [-0.1, -0.05) is 0 Å². The molecule has 2 heterocycles. The lowest BCUT2D eigenvalue weighted by atomic mass is 10.3. The molecule has 9 heteroatoms. The van der Waals surface area contributed by atoms with E-state index in [0.717, 1.165) is 18.0 Å². The van der Waals surface area contributed by atoms with E-state index in [1.165, 1.54) is 4.31 Å². The van der Waals surface area contributed by atoms with E-state index in [9.17, 15) is 8.42 Å². The Morgan fingerprint density at radius 3 is 2.27 bits per heavy atom. The molecule has 0 N–H and O–H groups in total. The van der Waals surface area contributed by atoms with Gasteiger partial charge in [0, 0.05) is 38.8 Å². The van der Waals surface area contributed by atoms with Crippen LogP contribution in [0.3, 0.4) is 0 Å². The van der Waals surface area contributed by atoms with Crippen LogP contribution in [0.2, 0.25) is 0 Å². The number of sulfonamides is 1. The number of ether oxygens (including phenoxy) is 4. The van der Waals surface area contributed by atoms with Crippen LogP contribution in [0.4, 0.5) is 0 Å². The van der Waals surface area contributed by atoms with E-state index >= 15 is 0 Å². The monoisotopic (exact) mass is 434 g/mol. The van der Waals surface area contributed by atoms with Crippen molar-refractivity contribution in [1.29, 1.82) is 0 Å². The number of benzene rings is 2. The van der Waals surface area contributed by atoms with Gasteiger partial charge in [0.05, 0.1) is 12.0 Å². The molecular formula is C21H26N2O6S. The molecule has 30 heavy (non-hydrogen) atoms. The first-order chi connectivity index (χ1) is 14.6.